The molecule has 2 aromatic rings. The number of hydrogen-bond acceptors (Lipinski definition) is 2. The first kappa shape index (κ1) is 14.4. The first-order chi connectivity index (χ1) is 9.47. The number of benzene rings is 1. The average molecular weight is 280 g/mol. The largest absolute Gasteiger partial charge is 0.419 e. The van der Waals surface area contributed by atoms with Crippen LogP contribution in [-0.4, -0.2) is 11.5 Å². The molecule has 0 radical (unpaired) electrons. The van der Waals surface area contributed by atoms with Crippen LogP contribution in [0.4, 0.5) is 19.0 Å². The van der Waals surface area contributed by atoms with Gasteiger partial charge in [0.05, 0.1) is 5.56 Å². The number of pyridine rings is 1. The van der Waals surface area contributed by atoms with Crippen molar-refractivity contribution in [3.05, 3.63) is 59.3 Å². The van der Waals surface area contributed by atoms with Crippen molar-refractivity contribution in [1.29, 1.82) is 0 Å². The minimum absolute atomic E-state index is 0.118. The molecule has 0 atom stereocenters. The van der Waals surface area contributed by atoms with Crippen LogP contribution in [0.5, 0.6) is 0 Å². The maximum absolute atomic E-state index is 12.8. The second kappa shape index (κ2) is 5.94. The highest BCUT2D eigenvalue weighted by Gasteiger charge is 2.33. The second-order valence-electron chi connectivity index (χ2n) is 4.56. The molecule has 106 valence electrons. The molecular formula is C15H15F3N2. The highest BCUT2D eigenvalue weighted by Crippen LogP contribution is 2.33. The molecule has 1 aromatic carbocycles. The van der Waals surface area contributed by atoms with Crippen molar-refractivity contribution < 1.29 is 13.2 Å². The van der Waals surface area contributed by atoms with Crippen LogP contribution in [-0.2, 0) is 12.6 Å². The summed E-state index contributed by atoms with van der Waals surface area (Å²) in [5.41, 5.74) is 1.49. The van der Waals surface area contributed by atoms with Crippen molar-refractivity contribution in [3.8, 4) is 0 Å². The van der Waals surface area contributed by atoms with Gasteiger partial charge in [0.25, 0.3) is 0 Å². The van der Waals surface area contributed by atoms with Crippen molar-refractivity contribution in [1.82, 2.24) is 4.98 Å². The van der Waals surface area contributed by atoms with Gasteiger partial charge in [0.1, 0.15) is 5.82 Å². The maximum Gasteiger partial charge on any atom is 0.419 e. The number of aromatic nitrogens is 1. The van der Waals surface area contributed by atoms with Crippen molar-refractivity contribution in [3.63, 3.8) is 0 Å². The Hall–Kier alpha value is -2.04. The Balaban J connectivity index is 2.01. The van der Waals surface area contributed by atoms with Gasteiger partial charge in [-0.2, -0.15) is 13.2 Å². The minimum atomic E-state index is -4.39. The zero-order chi connectivity index (χ0) is 14.6. The summed E-state index contributed by atoms with van der Waals surface area (Å²) in [5.74, 6) is -0.118. The number of nitrogens with zero attached hydrogens (tertiary/aromatic N) is 1. The highest BCUT2D eigenvalue weighted by molar-refractivity contribution is 5.45. The van der Waals surface area contributed by atoms with Gasteiger partial charge in [0.15, 0.2) is 0 Å². The van der Waals surface area contributed by atoms with Gasteiger partial charge in [0, 0.05) is 12.7 Å². The Morgan fingerprint density at radius 2 is 1.95 bits per heavy atom. The van der Waals surface area contributed by atoms with Crippen LogP contribution in [0, 0.1) is 6.92 Å². The fourth-order valence-electron chi connectivity index (χ4n) is 1.97. The van der Waals surface area contributed by atoms with Crippen LogP contribution < -0.4 is 5.32 Å². The van der Waals surface area contributed by atoms with E-state index in [0.717, 1.165) is 17.2 Å². The lowest BCUT2D eigenvalue weighted by Gasteiger charge is -2.13. The van der Waals surface area contributed by atoms with Crippen LogP contribution in [0.1, 0.15) is 16.7 Å². The van der Waals surface area contributed by atoms with E-state index in [9.17, 15) is 13.2 Å². The Morgan fingerprint density at radius 1 is 1.15 bits per heavy atom. The van der Waals surface area contributed by atoms with Crippen LogP contribution in [0.2, 0.25) is 0 Å². The summed E-state index contributed by atoms with van der Waals surface area (Å²) in [7, 11) is 0. The Kier molecular flexibility index (Phi) is 4.27. The van der Waals surface area contributed by atoms with Crippen molar-refractivity contribution >= 4 is 5.82 Å². The number of nitrogens with one attached hydrogen (secondary N) is 1. The third kappa shape index (κ3) is 3.73. The quantitative estimate of drug-likeness (QED) is 0.913. The SMILES string of the molecule is Cc1cccc(CCNc2ncccc2C(F)(F)F)c1. The topological polar surface area (TPSA) is 24.9 Å². The smallest absolute Gasteiger partial charge is 0.369 e. The van der Waals surface area contributed by atoms with Crippen LogP contribution in [0.25, 0.3) is 0 Å². The van der Waals surface area contributed by atoms with Crippen LogP contribution in [0.15, 0.2) is 42.6 Å². The summed E-state index contributed by atoms with van der Waals surface area (Å²) in [6.07, 6.45) is -2.39. The molecule has 0 saturated carbocycles. The molecule has 0 unspecified atom stereocenters. The first-order valence-electron chi connectivity index (χ1n) is 6.28. The number of aryl methyl sites for hydroxylation is 1. The molecule has 0 aliphatic rings. The third-order valence-electron chi connectivity index (χ3n) is 2.90. The summed E-state index contributed by atoms with van der Waals surface area (Å²) in [6, 6.07) is 10.2. The van der Waals surface area contributed by atoms with E-state index in [1.807, 2.05) is 31.2 Å². The monoisotopic (exact) mass is 280 g/mol. The zero-order valence-corrected chi connectivity index (χ0v) is 11.0. The summed E-state index contributed by atoms with van der Waals surface area (Å²) in [6.45, 7) is 2.39. The van der Waals surface area contributed by atoms with Crippen molar-refractivity contribution in [2.75, 3.05) is 11.9 Å². The number of hydrogen-bond donors (Lipinski definition) is 1. The van der Waals surface area contributed by atoms with Gasteiger partial charge in [-0.1, -0.05) is 29.8 Å². The lowest BCUT2D eigenvalue weighted by molar-refractivity contribution is -0.137. The summed E-state index contributed by atoms with van der Waals surface area (Å²) in [5, 5.41) is 2.76. The maximum atomic E-state index is 12.8. The van der Waals surface area contributed by atoms with Gasteiger partial charge in [0.2, 0.25) is 0 Å². The van der Waals surface area contributed by atoms with Crippen LogP contribution in [0.3, 0.4) is 0 Å². The van der Waals surface area contributed by atoms with Gasteiger partial charge in [-0.3, -0.25) is 0 Å². The number of halogens is 3. The van der Waals surface area contributed by atoms with Gasteiger partial charge in [-0.15, -0.1) is 0 Å². The molecule has 0 fully saturated rings. The third-order valence-corrected chi connectivity index (χ3v) is 2.90. The fraction of sp³-hybridized carbons (Fsp3) is 0.267. The van der Waals surface area contributed by atoms with E-state index in [4.69, 9.17) is 0 Å². The molecule has 1 heterocycles. The van der Waals surface area contributed by atoms with Crippen molar-refractivity contribution in [2.45, 2.75) is 19.5 Å². The molecule has 5 heteroatoms. The molecule has 2 nitrogen and oxygen atoms in total. The highest BCUT2D eigenvalue weighted by atomic mass is 19.4. The average Bonchev–Trinajstić information content (AvgIpc) is 2.38. The molecule has 0 bridgehead atoms. The standard InChI is InChI=1S/C15H15F3N2/c1-11-4-2-5-12(10-11)7-9-20-14-13(15(16,17)18)6-3-8-19-14/h2-6,8,10H,7,9H2,1H3,(H,19,20). The molecule has 0 amide bonds. The van der Waals surface area contributed by atoms with E-state index in [1.54, 1.807) is 0 Å². The Bertz CT molecular complexity index is 579. The van der Waals surface area contributed by atoms with E-state index in [2.05, 4.69) is 10.3 Å². The Labute approximate surface area is 115 Å². The molecule has 0 spiro atoms. The van der Waals surface area contributed by atoms with E-state index < -0.39 is 11.7 Å². The van der Waals surface area contributed by atoms with Gasteiger partial charge >= 0.3 is 6.18 Å². The Morgan fingerprint density at radius 3 is 2.65 bits per heavy atom. The normalized spacial score (nSPS) is 11.4. The summed E-state index contributed by atoms with van der Waals surface area (Å²) < 4.78 is 38.3. The predicted octanol–water partition coefficient (Wildman–Crippen LogP) is 4.06. The van der Waals surface area contributed by atoms with Crippen LogP contribution >= 0.6 is 0 Å². The fourth-order valence-corrected chi connectivity index (χ4v) is 1.97. The molecule has 0 aliphatic heterocycles. The van der Waals surface area contributed by atoms with E-state index >= 15 is 0 Å². The molecule has 1 aromatic heterocycles. The molecule has 2 rings (SSSR count). The van der Waals surface area contributed by atoms with Crippen molar-refractivity contribution in [2.24, 2.45) is 0 Å². The number of anilines is 1. The molecule has 0 aliphatic carbocycles. The number of alkyl halides is 3. The zero-order valence-electron chi connectivity index (χ0n) is 11.0. The minimum Gasteiger partial charge on any atom is -0.369 e. The molecule has 20 heavy (non-hydrogen) atoms. The van der Waals surface area contributed by atoms with E-state index in [0.29, 0.717) is 13.0 Å². The second-order valence-corrected chi connectivity index (χ2v) is 4.56. The first-order valence-corrected chi connectivity index (χ1v) is 6.28. The summed E-state index contributed by atoms with van der Waals surface area (Å²) in [4.78, 5) is 3.76. The lowest BCUT2D eigenvalue weighted by atomic mass is 10.1. The molecular weight excluding hydrogens is 265 g/mol. The van der Waals surface area contributed by atoms with E-state index in [-0.39, 0.29) is 5.82 Å². The van der Waals surface area contributed by atoms with E-state index in [1.165, 1.54) is 12.3 Å². The number of rotatable bonds is 4. The lowest BCUT2D eigenvalue weighted by Crippen LogP contribution is -2.14. The van der Waals surface area contributed by atoms with Gasteiger partial charge in [-0.25, -0.2) is 4.98 Å². The molecule has 1 N–H and O–H groups in total. The van der Waals surface area contributed by atoms with Gasteiger partial charge < -0.3 is 5.32 Å². The van der Waals surface area contributed by atoms with Gasteiger partial charge in [-0.05, 0) is 31.0 Å². The molecule has 0 saturated heterocycles. The predicted molar refractivity (Wildman–Crippen MR) is 72.6 cm³/mol. The summed E-state index contributed by atoms with van der Waals surface area (Å²) >= 11 is 0.